The molecular formula is C17H29N5O2. The molecule has 1 aromatic heterocycles. The van der Waals surface area contributed by atoms with Gasteiger partial charge in [-0.15, -0.1) is 10.2 Å². The molecule has 1 aromatic rings. The molecule has 0 aromatic carbocycles. The van der Waals surface area contributed by atoms with Crippen LogP contribution in [0.5, 0.6) is 0 Å². The third-order valence-corrected chi connectivity index (χ3v) is 4.95. The second-order valence-electron chi connectivity index (χ2n) is 8.04. The van der Waals surface area contributed by atoms with Crippen LogP contribution in [0, 0.1) is 6.92 Å². The van der Waals surface area contributed by atoms with Crippen molar-refractivity contribution >= 4 is 6.09 Å². The van der Waals surface area contributed by atoms with Crippen molar-refractivity contribution in [3.05, 3.63) is 11.6 Å². The number of carbonyl (C=O) groups excluding carboxylic acids is 1. The van der Waals surface area contributed by atoms with E-state index < -0.39 is 5.60 Å². The predicted molar refractivity (Wildman–Crippen MR) is 90.5 cm³/mol. The first kappa shape index (κ1) is 17.2. The van der Waals surface area contributed by atoms with Crippen molar-refractivity contribution in [1.29, 1.82) is 0 Å². The Morgan fingerprint density at radius 2 is 1.83 bits per heavy atom. The Morgan fingerprint density at radius 3 is 2.33 bits per heavy atom. The molecule has 3 rings (SSSR count). The van der Waals surface area contributed by atoms with Crippen molar-refractivity contribution in [3.8, 4) is 0 Å². The van der Waals surface area contributed by atoms with E-state index in [-0.39, 0.29) is 18.2 Å². The fourth-order valence-electron chi connectivity index (χ4n) is 3.73. The molecule has 134 valence electrons. The molecule has 24 heavy (non-hydrogen) atoms. The van der Waals surface area contributed by atoms with Crippen molar-refractivity contribution in [2.45, 2.75) is 71.2 Å². The monoisotopic (exact) mass is 335 g/mol. The van der Waals surface area contributed by atoms with Gasteiger partial charge in [-0.1, -0.05) is 0 Å². The standard InChI is InChI=1S/C17H29N5O2/c1-12-18-19-15(20(12)5)11-21-9-13-7-6-8-14(10-21)22(13)16(23)24-17(2,3)4/h13-14H,6-11H2,1-5H3. The van der Waals surface area contributed by atoms with Crippen LogP contribution in [0.25, 0.3) is 0 Å². The van der Waals surface area contributed by atoms with Gasteiger partial charge in [-0.25, -0.2) is 4.79 Å². The maximum Gasteiger partial charge on any atom is 0.410 e. The molecule has 2 bridgehead atoms. The summed E-state index contributed by atoms with van der Waals surface area (Å²) < 4.78 is 7.67. The van der Waals surface area contributed by atoms with Gasteiger partial charge in [0.25, 0.3) is 0 Å². The number of aryl methyl sites for hydroxylation is 1. The highest BCUT2D eigenvalue weighted by atomic mass is 16.6. The molecule has 2 saturated heterocycles. The highest BCUT2D eigenvalue weighted by molar-refractivity contribution is 5.69. The summed E-state index contributed by atoms with van der Waals surface area (Å²) in [6.07, 6.45) is 3.12. The smallest absolute Gasteiger partial charge is 0.410 e. The second kappa shape index (κ2) is 6.35. The Morgan fingerprint density at radius 1 is 1.21 bits per heavy atom. The average Bonchev–Trinajstić information content (AvgIpc) is 2.76. The largest absolute Gasteiger partial charge is 0.444 e. The highest BCUT2D eigenvalue weighted by Gasteiger charge is 2.42. The minimum atomic E-state index is -0.446. The summed E-state index contributed by atoms with van der Waals surface area (Å²) in [6.45, 7) is 10.3. The molecule has 2 fully saturated rings. The normalized spacial score (nSPS) is 25.0. The molecule has 7 heteroatoms. The van der Waals surface area contributed by atoms with Crippen LogP contribution in [0.1, 0.15) is 51.7 Å². The number of likely N-dealkylation sites (tertiary alicyclic amines) is 1. The van der Waals surface area contributed by atoms with E-state index in [2.05, 4.69) is 15.1 Å². The molecule has 0 spiro atoms. The number of rotatable bonds is 2. The van der Waals surface area contributed by atoms with Crippen LogP contribution in [0.15, 0.2) is 0 Å². The van der Waals surface area contributed by atoms with Gasteiger partial charge in [0.2, 0.25) is 0 Å². The first-order chi connectivity index (χ1) is 11.2. The summed E-state index contributed by atoms with van der Waals surface area (Å²) in [5.74, 6) is 1.91. The van der Waals surface area contributed by atoms with Crippen LogP contribution < -0.4 is 0 Å². The number of hydrogen-bond donors (Lipinski definition) is 0. The predicted octanol–water partition coefficient (Wildman–Crippen LogP) is 2.10. The molecule has 3 heterocycles. The van der Waals surface area contributed by atoms with Gasteiger partial charge in [0.05, 0.1) is 6.54 Å². The van der Waals surface area contributed by atoms with E-state index in [1.165, 1.54) is 6.42 Å². The SMILES string of the molecule is Cc1nnc(CN2CC3CCCC(C2)N3C(=O)OC(C)(C)C)n1C. The minimum Gasteiger partial charge on any atom is -0.444 e. The molecule has 0 saturated carbocycles. The molecule has 2 aliphatic heterocycles. The Balaban J connectivity index is 1.69. The Labute approximate surface area is 144 Å². The summed E-state index contributed by atoms with van der Waals surface area (Å²) in [5, 5.41) is 8.41. The number of piperidine rings is 1. The summed E-state index contributed by atoms with van der Waals surface area (Å²) in [6, 6.07) is 0.475. The zero-order valence-corrected chi connectivity index (χ0v) is 15.4. The van der Waals surface area contributed by atoms with Gasteiger partial charge in [0, 0.05) is 32.2 Å². The fourth-order valence-corrected chi connectivity index (χ4v) is 3.73. The number of amides is 1. The molecule has 2 aliphatic rings. The highest BCUT2D eigenvalue weighted by Crippen LogP contribution is 2.30. The van der Waals surface area contributed by atoms with E-state index in [9.17, 15) is 4.79 Å². The third-order valence-electron chi connectivity index (χ3n) is 4.95. The summed E-state index contributed by atoms with van der Waals surface area (Å²) in [4.78, 5) is 17.0. The topological polar surface area (TPSA) is 63.5 Å². The lowest BCUT2D eigenvalue weighted by molar-refractivity contribution is -0.0395. The first-order valence-corrected chi connectivity index (χ1v) is 8.83. The number of ether oxygens (including phenoxy) is 1. The Bertz CT molecular complexity index is 593. The van der Waals surface area contributed by atoms with Crippen molar-refractivity contribution < 1.29 is 9.53 Å². The fraction of sp³-hybridized carbons (Fsp3) is 0.824. The summed E-state index contributed by atoms with van der Waals surface area (Å²) >= 11 is 0. The van der Waals surface area contributed by atoms with E-state index in [1.54, 1.807) is 0 Å². The minimum absolute atomic E-state index is 0.161. The van der Waals surface area contributed by atoms with Crippen molar-refractivity contribution in [2.24, 2.45) is 7.05 Å². The van der Waals surface area contributed by atoms with Crippen LogP contribution in [-0.4, -0.2) is 61.4 Å². The zero-order valence-electron chi connectivity index (χ0n) is 15.4. The van der Waals surface area contributed by atoms with E-state index in [4.69, 9.17) is 4.74 Å². The summed E-state index contributed by atoms with van der Waals surface area (Å²) in [7, 11) is 2.00. The van der Waals surface area contributed by atoms with Crippen LogP contribution in [0.3, 0.4) is 0 Å². The van der Waals surface area contributed by atoms with Gasteiger partial charge in [0.1, 0.15) is 17.2 Å². The molecule has 0 aliphatic carbocycles. The molecular weight excluding hydrogens is 306 g/mol. The quantitative estimate of drug-likeness (QED) is 0.828. The zero-order chi connectivity index (χ0) is 17.5. The van der Waals surface area contributed by atoms with E-state index in [0.29, 0.717) is 0 Å². The van der Waals surface area contributed by atoms with Gasteiger partial charge in [-0.2, -0.15) is 0 Å². The first-order valence-electron chi connectivity index (χ1n) is 8.83. The van der Waals surface area contributed by atoms with Crippen molar-refractivity contribution in [3.63, 3.8) is 0 Å². The van der Waals surface area contributed by atoms with Gasteiger partial charge in [0.15, 0.2) is 0 Å². The average molecular weight is 335 g/mol. The van der Waals surface area contributed by atoms with Crippen LogP contribution in [0.4, 0.5) is 4.79 Å². The number of hydrogen-bond acceptors (Lipinski definition) is 5. The maximum absolute atomic E-state index is 12.6. The Hall–Kier alpha value is -1.63. The van der Waals surface area contributed by atoms with Crippen LogP contribution in [-0.2, 0) is 18.3 Å². The van der Waals surface area contributed by atoms with E-state index >= 15 is 0 Å². The number of nitrogens with zero attached hydrogens (tertiary/aromatic N) is 5. The lowest BCUT2D eigenvalue weighted by atomic mass is 9.91. The number of carbonyl (C=O) groups is 1. The van der Waals surface area contributed by atoms with Gasteiger partial charge in [-0.3, -0.25) is 9.80 Å². The molecule has 7 nitrogen and oxygen atoms in total. The lowest BCUT2D eigenvalue weighted by Crippen LogP contribution is -2.62. The number of fused-ring (bicyclic) bond motifs is 2. The maximum atomic E-state index is 12.6. The van der Waals surface area contributed by atoms with E-state index in [0.717, 1.165) is 44.1 Å². The Kier molecular flexibility index (Phi) is 4.55. The molecule has 2 atom stereocenters. The second-order valence-corrected chi connectivity index (χ2v) is 8.04. The van der Waals surface area contributed by atoms with Crippen LogP contribution in [0.2, 0.25) is 0 Å². The van der Waals surface area contributed by atoms with Crippen molar-refractivity contribution in [1.82, 2.24) is 24.6 Å². The third kappa shape index (κ3) is 3.55. The van der Waals surface area contributed by atoms with Crippen LogP contribution >= 0.6 is 0 Å². The molecule has 0 radical (unpaired) electrons. The number of piperazine rings is 1. The van der Waals surface area contributed by atoms with E-state index in [1.807, 2.05) is 44.2 Å². The van der Waals surface area contributed by atoms with Gasteiger partial charge < -0.3 is 9.30 Å². The summed E-state index contributed by atoms with van der Waals surface area (Å²) in [5.41, 5.74) is -0.446. The van der Waals surface area contributed by atoms with Gasteiger partial charge >= 0.3 is 6.09 Å². The molecule has 2 unspecified atom stereocenters. The molecule has 0 N–H and O–H groups in total. The van der Waals surface area contributed by atoms with Gasteiger partial charge in [-0.05, 0) is 47.0 Å². The molecule has 1 amide bonds. The number of aromatic nitrogens is 3. The lowest BCUT2D eigenvalue weighted by Gasteiger charge is -2.49. The van der Waals surface area contributed by atoms with Crippen molar-refractivity contribution in [2.75, 3.05) is 13.1 Å².